The molecule has 0 fully saturated rings. The molecule has 2 aromatic carbocycles. The van der Waals surface area contributed by atoms with Gasteiger partial charge in [-0.2, -0.15) is 0 Å². The zero-order chi connectivity index (χ0) is 12.6. The third-order valence-electron chi connectivity index (χ3n) is 3.36. The minimum absolute atomic E-state index is 0.211. The largest absolute Gasteiger partial charge is 0.235 e. The fourth-order valence-electron chi connectivity index (χ4n) is 2.25. The van der Waals surface area contributed by atoms with Crippen LogP contribution in [-0.2, 0) is 5.54 Å². The van der Waals surface area contributed by atoms with Gasteiger partial charge in [-0.15, -0.1) is 5.10 Å². The summed E-state index contributed by atoms with van der Waals surface area (Å²) in [6.45, 7) is 4.31. The van der Waals surface area contributed by atoms with E-state index in [0.29, 0.717) is 0 Å². The number of fused-ring (bicyclic) bond motifs is 1. The van der Waals surface area contributed by atoms with E-state index in [1.807, 2.05) is 28.9 Å². The number of nitrogens with zero attached hydrogens (tertiary/aromatic N) is 3. The van der Waals surface area contributed by atoms with E-state index < -0.39 is 0 Å². The maximum atomic E-state index is 4.31. The third kappa shape index (κ3) is 1.59. The van der Waals surface area contributed by atoms with Crippen LogP contribution in [0.4, 0.5) is 0 Å². The van der Waals surface area contributed by atoms with Crippen molar-refractivity contribution >= 4 is 11.0 Å². The number of hydrogen-bond acceptors (Lipinski definition) is 2. The fraction of sp³-hybridized carbons (Fsp3) is 0.200. The van der Waals surface area contributed by atoms with Crippen molar-refractivity contribution in [3.63, 3.8) is 0 Å². The molecule has 0 spiro atoms. The highest BCUT2D eigenvalue weighted by molar-refractivity contribution is 5.74. The molecule has 0 aliphatic carbocycles. The summed E-state index contributed by atoms with van der Waals surface area (Å²) in [6, 6.07) is 18.4. The van der Waals surface area contributed by atoms with Crippen molar-refractivity contribution < 1.29 is 0 Å². The van der Waals surface area contributed by atoms with E-state index in [2.05, 4.69) is 54.5 Å². The molecule has 3 rings (SSSR count). The summed E-state index contributed by atoms with van der Waals surface area (Å²) in [6.07, 6.45) is 0. The predicted octanol–water partition coefficient (Wildman–Crippen LogP) is 3.21. The van der Waals surface area contributed by atoms with Gasteiger partial charge in [0.15, 0.2) is 0 Å². The van der Waals surface area contributed by atoms with Crippen molar-refractivity contribution in [3.05, 3.63) is 60.2 Å². The SMILES string of the molecule is CC(C)(c1ccccc1)n1nnc2ccccc21. The first kappa shape index (κ1) is 11.0. The molecule has 0 amide bonds. The van der Waals surface area contributed by atoms with Gasteiger partial charge < -0.3 is 0 Å². The van der Waals surface area contributed by atoms with Crippen LogP contribution in [0.3, 0.4) is 0 Å². The van der Waals surface area contributed by atoms with Crippen molar-refractivity contribution in [2.24, 2.45) is 0 Å². The van der Waals surface area contributed by atoms with Crippen LogP contribution in [0, 0.1) is 0 Å². The lowest BCUT2D eigenvalue weighted by Crippen LogP contribution is -2.28. The van der Waals surface area contributed by atoms with E-state index in [1.54, 1.807) is 0 Å². The van der Waals surface area contributed by atoms with Gasteiger partial charge >= 0.3 is 0 Å². The molecule has 90 valence electrons. The molecule has 18 heavy (non-hydrogen) atoms. The lowest BCUT2D eigenvalue weighted by atomic mass is 9.94. The Hall–Kier alpha value is -2.16. The molecule has 1 aromatic heterocycles. The van der Waals surface area contributed by atoms with Crippen molar-refractivity contribution in [2.75, 3.05) is 0 Å². The number of aromatic nitrogens is 3. The Morgan fingerprint density at radius 1 is 0.889 bits per heavy atom. The maximum absolute atomic E-state index is 4.31. The first-order chi connectivity index (χ1) is 8.69. The van der Waals surface area contributed by atoms with E-state index >= 15 is 0 Å². The van der Waals surface area contributed by atoms with Crippen LogP contribution < -0.4 is 0 Å². The minimum Gasteiger partial charge on any atom is -0.235 e. The first-order valence-electron chi connectivity index (χ1n) is 6.06. The molecule has 0 saturated carbocycles. The number of hydrogen-bond donors (Lipinski definition) is 0. The van der Waals surface area contributed by atoms with Gasteiger partial charge in [-0.25, -0.2) is 4.68 Å². The van der Waals surface area contributed by atoms with Gasteiger partial charge in [0, 0.05) is 0 Å². The van der Waals surface area contributed by atoms with Gasteiger partial charge in [0.1, 0.15) is 5.52 Å². The highest BCUT2D eigenvalue weighted by atomic mass is 15.4. The third-order valence-corrected chi connectivity index (χ3v) is 3.36. The van der Waals surface area contributed by atoms with Gasteiger partial charge in [-0.05, 0) is 31.5 Å². The number of benzene rings is 2. The Labute approximate surface area is 106 Å². The van der Waals surface area contributed by atoms with Crippen molar-refractivity contribution in [3.8, 4) is 0 Å². The van der Waals surface area contributed by atoms with E-state index in [4.69, 9.17) is 0 Å². The smallest absolute Gasteiger partial charge is 0.113 e. The molecule has 3 nitrogen and oxygen atoms in total. The van der Waals surface area contributed by atoms with Crippen LogP contribution >= 0.6 is 0 Å². The second-order valence-corrected chi connectivity index (χ2v) is 4.92. The Morgan fingerprint density at radius 3 is 2.33 bits per heavy atom. The van der Waals surface area contributed by atoms with Gasteiger partial charge in [0.2, 0.25) is 0 Å². The van der Waals surface area contributed by atoms with E-state index in [0.717, 1.165) is 11.0 Å². The molecule has 1 heterocycles. The molecule has 0 unspecified atom stereocenters. The molecule has 0 atom stereocenters. The maximum Gasteiger partial charge on any atom is 0.113 e. The summed E-state index contributed by atoms with van der Waals surface area (Å²) < 4.78 is 1.98. The molecule has 0 aliphatic rings. The summed E-state index contributed by atoms with van der Waals surface area (Å²) >= 11 is 0. The second kappa shape index (κ2) is 3.95. The molecule has 0 N–H and O–H groups in total. The number of para-hydroxylation sites is 1. The fourth-order valence-corrected chi connectivity index (χ4v) is 2.25. The molecule has 0 bridgehead atoms. The zero-order valence-corrected chi connectivity index (χ0v) is 10.5. The summed E-state index contributed by atoms with van der Waals surface area (Å²) in [4.78, 5) is 0. The Bertz CT molecular complexity index is 668. The normalized spacial score (nSPS) is 11.9. The molecule has 0 aliphatic heterocycles. The van der Waals surface area contributed by atoms with Crippen LogP contribution in [0.5, 0.6) is 0 Å². The van der Waals surface area contributed by atoms with Crippen LogP contribution in [0.2, 0.25) is 0 Å². The van der Waals surface area contributed by atoms with Crippen molar-refractivity contribution in [2.45, 2.75) is 19.4 Å². The van der Waals surface area contributed by atoms with Crippen LogP contribution in [0.25, 0.3) is 11.0 Å². The number of rotatable bonds is 2. The highest BCUT2D eigenvalue weighted by Crippen LogP contribution is 2.27. The molecular weight excluding hydrogens is 222 g/mol. The quantitative estimate of drug-likeness (QED) is 0.685. The zero-order valence-electron chi connectivity index (χ0n) is 10.5. The Kier molecular flexibility index (Phi) is 2.40. The van der Waals surface area contributed by atoms with Gasteiger partial charge in [0.05, 0.1) is 11.1 Å². The summed E-state index contributed by atoms with van der Waals surface area (Å²) in [5.41, 5.74) is 3.01. The van der Waals surface area contributed by atoms with Crippen molar-refractivity contribution in [1.82, 2.24) is 15.0 Å². The Morgan fingerprint density at radius 2 is 1.56 bits per heavy atom. The van der Waals surface area contributed by atoms with Crippen LogP contribution in [-0.4, -0.2) is 15.0 Å². The lowest BCUT2D eigenvalue weighted by molar-refractivity contribution is 0.393. The summed E-state index contributed by atoms with van der Waals surface area (Å²) in [5.74, 6) is 0. The summed E-state index contributed by atoms with van der Waals surface area (Å²) in [5, 5.41) is 8.53. The predicted molar refractivity (Wildman–Crippen MR) is 72.4 cm³/mol. The second-order valence-electron chi connectivity index (χ2n) is 4.92. The summed E-state index contributed by atoms with van der Waals surface area (Å²) in [7, 11) is 0. The van der Waals surface area contributed by atoms with E-state index in [1.165, 1.54) is 5.56 Å². The van der Waals surface area contributed by atoms with Crippen molar-refractivity contribution in [1.29, 1.82) is 0 Å². The van der Waals surface area contributed by atoms with E-state index in [9.17, 15) is 0 Å². The topological polar surface area (TPSA) is 30.7 Å². The van der Waals surface area contributed by atoms with Crippen LogP contribution in [0.15, 0.2) is 54.6 Å². The van der Waals surface area contributed by atoms with Gasteiger partial charge in [-0.3, -0.25) is 0 Å². The average molecular weight is 237 g/mol. The monoisotopic (exact) mass is 237 g/mol. The van der Waals surface area contributed by atoms with Gasteiger partial charge in [0.25, 0.3) is 0 Å². The Balaban J connectivity index is 2.20. The van der Waals surface area contributed by atoms with Crippen LogP contribution in [0.1, 0.15) is 19.4 Å². The first-order valence-corrected chi connectivity index (χ1v) is 6.06. The van der Waals surface area contributed by atoms with Gasteiger partial charge in [-0.1, -0.05) is 47.7 Å². The molecule has 3 heteroatoms. The van der Waals surface area contributed by atoms with E-state index in [-0.39, 0.29) is 5.54 Å². The highest BCUT2D eigenvalue weighted by Gasteiger charge is 2.25. The molecule has 0 radical (unpaired) electrons. The molecular formula is C15H15N3. The average Bonchev–Trinajstić information content (AvgIpc) is 2.84. The molecule has 0 saturated heterocycles. The minimum atomic E-state index is -0.211. The standard InChI is InChI=1S/C15H15N3/c1-15(2,12-8-4-3-5-9-12)18-14-11-7-6-10-13(14)16-17-18/h3-11H,1-2H3. The lowest BCUT2D eigenvalue weighted by Gasteiger charge is -2.26. The molecule has 3 aromatic rings.